The highest BCUT2D eigenvalue weighted by molar-refractivity contribution is 7.89. The minimum Gasteiger partial charge on any atom is -0.467 e. The van der Waals surface area contributed by atoms with E-state index in [0.717, 1.165) is 18.6 Å². The highest BCUT2D eigenvalue weighted by Gasteiger charge is 2.33. The fraction of sp³-hybridized carbons (Fsp3) is 0.375. The van der Waals surface area contributed by atoms with Gasteiger partial charge >= 0.3 is 0 Å². The number of likely N-dealkylation sites (tertiary alicyclic amines) is 1. The van der Waals surface area contributed by atoms with Gasteiger partial charge in [-0.15, -0.1) is 0 Å². The third kappa shape index (κ3) is 3.34. The van der Waals surface area contributed by atoms with E-state index in [1.165, 1.54) is 18.3 Å². The van der Waals surface area contributed by atoms with Crippen LogP contribution in [0.5, 0.6) is 0 Å². The van der Waals surface area contributed by atoms with Gasteiger partial charge in [-0.25, -0.2) is 18.5 Å². The Kier molecular flexibility index (Phi) is 4.42. The number of amides is 1. The number of sulfonamides is 1. The number of hydrogen-bond acceptors (Lipinski definition) is 5. The number of aromatic nitrogens is 1. The van der Waals surface area contributed by atoms with Gasteiger partial charge in [0.15, 0.2) is 5.03 Å². The summed E-state index contributed by atoms with van der Waals surface area (Å²) in [5, 5.41) is 4.77. The molecular weight excluding hydrogens is 330 g/mol. The molecule has 1 saturated heterocycles. The van der Waals surface area contributed by atoms with Crippen LogP contribution in [-0.2, 0) is 10.0 Å². The van der Waals surface area contributed by atoms with Crippen LogP contribution in [0, 0.1) is 5.92 Å². The maximum absolute atomic E-state index is 12.8. The number of carbonyl (C=O) groups is 1. The van der Waals surface area contributed by atoms with Gasteiger partial charge in [0, 0.05) is 12.7 Å². The Morgan fingerprint density at radius 2 is 2.17 bits per heavy atom. The highest BCUT2D eigenvalue weighted by Crippen LogP contribution is 2.35. The van der Waals surface area contributed by atoms with Crippen molar-refractivity contribution < 1.29 is 17.6 Å². The summed E-state index contributed by atoms with van der Waals surface area (Å²) in [5.74, 6) is 1.05. The lowest BCUT2D eigenvalue weighted by Crippen LogP contribution is -2.40. The van der Waals surface area contributed by atoms with Crippen LogP contribution in [0.15, 0.2) is 46.2 Å². The maximum atomic E-state index is 12.8. The molecular formula is C16H19N3O4S. The molecule has 8 heteroatoms. The zero-order valence-corrected chi connectivity index (χ0v) is 14.1. The molecule has 2 aromatic rings. The van der Waals surface area contributed by atoms with Gasteiger partial charge < -0.3 is 9.32 Å². The molecule has 1 amide bonds. The first-order chi connectivity index (χ1) is 11.4. The van der Waals surface area contributed by atoms with E-state index < -0.39 is 10.0 Å². The predicted molar refractivity (Wildman–Crippen MR) is 86.5 cm³/mol. The number of pyridine rings is 1. The fourth-order valence-corrected chi connectivity index (χ4v) is 3.43. The summed E-state index contributed by atoms with van der Waals surface area (Å²) >= 11 is 0. The molecule has 1 aliphatic rings. The Morgan fingerprint density at radius 3 is 2.75 bits per heavy atom. The summed E-state index contributed by atoms with van der Waals surface area (Å²) in [6.45, 7) is 2.77. The van der Waals surface area contributed by atoms with Crippen LogP contribution < -0.4 is 5.14 Å². The van der Waals surface area contributed by atoms with Crippen LogP contribution in [0.4, 0.5) is 0 Å². The van der Waals surface area contributed by atoms with Gasteiger partial charge in [-0.3, -0.25) is 4.79 Å². The molecule has 0 aliphatic carbocycles. The Balaban J connectivity index is 1.87. The second-order valence-electron chi connectivity index (χ2n) is 6.09. The number of carbonyl (C=O) groups excluding carboxylic acids is 1. The Morgan fingerprint density at radius 1 is 1.38 bits per heavy atom. The number of primary sulfonamides is 1. The van der Waals surface area contributed by atoms with Gasteiger partial charge in [0.1, 0.15) is 5.76 Å². The van der Waals surface area contributed by atoms with Gasteiger partial charge in [0.25, 0.3) is 15.9 Å². The first kappa shape index (κ1) is 16.7. The Hall–Kier alpha value is -2.19. The van der Waals surface area contributed by atoms with Crippen molar-refractivity contribution in [2.45, 2.75) is 30.8 Å². The molecule has 2 aromatic heterocycles. The molecule has 0 radical (unpaired) electrons. The molecule has 128 valence electrons. The van der Waals surface area contributed by atoms with Crippen LogP contribution in [0.25, 0.3) is 0 Å². The molecule has 3 heterocycles. The van der Waals surface area contributed by atoms with Gasteiger partial charge in [-0.1, -0.05) is 6.92 Å². The number of piperidine rings is 1. The van der Waals surface area contributed by atoms with E-state index in [2.05, 4.69) is 11.9 Å². The molecule has 3 rings (SSSR count). The summed E-state index contributed by atoms with van der Waals surface area (Å²) in [7, 11) is -3.87. The quantitative estimate of drug-likeness (QED) is 0.911. The monoisotopic (exact) mass is 349 g/mol. The number of furan rings is 1. The van der Waals surface area contributed by atoms with E-state index in [0.29, 0.717) is 18.0 Å². The smallest absolute Gasteiger partial charge is 0.256 e. The minimum absolute atomic E-state index is 0.130. The van der Waals surface area contributed by atoms with Crippen LogP contribution in [0.3, 0.4) is 0 Å². The van der Waals surface area contributed by atoms with Crippen molar-refractivity contribution in [1.82, 2.24) is 9.88 Å². The molecule has 0 spiro atoms. The Bertz CT molecular complexity index is 816. The van der Waals surface area contributed by atoms with Crippen molar-refractivity contribution in [1.29, 1.82) is 0 Å². The maximum Gasteiger partial charge on any atom is 0.256 e. The third-order valence-corrected chi connectivity index (χ3v) is 5.10. The van der Waals surface area contributed by atoms with Crippen LogP contribution in [0.1, 0.15) is 41.9 Å². The third-order valence-electron chi connectivity index (χ3n) is 4.27. The summed E-state index contributed by atoms with van der Waals surface area (Å²) in [6.07, 6.45) is 4.58. The summed E-state index contributed by atoms with van der Waals surface area (Å²) in [4.78, 5) is 18.4. The van der Waals surface area contributed by atoms with Crippen molar-refractivity contribution in [3.63, 3.8) is 0 Å². The van der Waals surface area contributed by atoms with E-state index in [1.54, 1.807) is 17.2 Å². The normalized spacial score (nSPS) is 21.7. The van der Waals surface area contributed by atoms with Crippen molar-refractivity contribution in [3.8, 4) is 0 Å². The second kappa shape index (κ2) is 6.37. The molecule has 24 heavy (non-hydrogen) atoms. The van der Waals surface area contributed by atoms with E-state index >= 15 is 0 Å². The van der Waals surface area contributed by atoms with Crippen molar-refractivity contribution in [3.05, 3.63) is 48.0 Å². The molecule has 2 atom stereocenters. The minimum atomic E-state index is -3.87. The molecule has 2 N–H and O–H groups in total. The first-order valence-corrected chi connectivity index (χ1v) is 9.24. The summed E-state index contributed by atoms with van der Waals surface area (Å²) < 4.78 is 28.0. The van der Waals surface area contributed by atoms with Gasteiger partial charge in [-0.05, 0) is 43.0 Å². The summed E-state index contributed by atoms with van der Waals surface area (Å²) in [5.41, 5.74) is 0.327. The van der Waals surface area contributed by atoms with E-state index in [4.69, 9.17) is 9.56 Å². The number of nitrogens with two attached hydrogens (primary N) is 1. The number of nitrogens with zero attached hydrogens (tertiary/aromatic N) is 2. The predicted octanol–water partition coefficient (Wildman–Crippen LogP) is 1.94. The molecule has 0 saturated carbocycles. The SMILES string of the molecule is C[C@@H]1CCN(C(=O)c2ccc(S(N)(=O)=O)nc2)[C@H](c2ccco2)C1. The molecule has 0 unspecified atom stereocenters. The van der Waals surface area contributed by atoms with Crippen LogP contribution >= 0.6 is 0 Å². The zero-order chi connectivity index (χ0) is 17.3. The Labute approximate surface area is 140 Å². The van der Waals surface area contributed by atoms with Gasteiger partial charge in [0.2, 0.25) is 0 Å². The highest BCUT2D eigenvalue weighted by atomic mass is 32.2. The lowest BCUT2D eigenvalue weighted by molar-refractivity contribution is 0.0520. The topological polar surface area (TPSA) is 106 Å². The van der Waals surface area contributed by atoms with Gasteiger partial charge in [-0.2, -0.15) is 0 Å². The molecule has 1 fully saturated rings. The number of hydrogen-bond donors (Lipinski definition) is 1. The standard InChI is InChI=1S/C16H19N3O4S/c1-11-6-7-19(13(9-11)14-3-2-8-23-14)16(20)12-4-5-15(18-10-12)24(17,21)22/h2-5,8,10-11,13H,6-7,9H2,1H3,(H2,17,21,22)/t11-,13+/m1/s1. The fourth-order valence-electron chi connectivity index (χ4n) is 2.98. The van der Waals surface area contributed by atoms with Crippen molar-refractivity contribution in [2.75, 3.05) is 6.54 Å². The van der Waals surface area contributed by atoms with Crippen molar-refractivity contribution >= 4 is 15.9 Å². The van der Waals surface area contributed by atoms with E-state index in [9.17, 15) is 13.2 Å². The summed E-state index contributed by atoms with van der Waals surface area (Å²) in [6, 6.07) is 6.23. The zero-order valence-electron chi connectivity index (χ0n) is 13.3. The molecule has 1 aliphatic heterocycles. The van der Waals surface area contributed by atoms with Gasteiger partial charge in [0.05, 0.1) is 17.9 Å². The van der Waals surface area contributed by atoms with E-state index in [1.807, 2.05) is 6.07 Å². The number of rotatable bonds is 3. The average molecular weight is 349 g/mol. The second-order valence-corrected chi connectivity index (χ2v) is 7.60. The molecule has 0 bridgehead atoms. The largest absolute Gasteiger partial charge is 0.467 e. The lowest BCUT2D eigenvalue weighted by Gasteiger charge is -2.37. The first-order valence-electron chi connectivity index (χ1n) is 7.69. The molecule has 0 aromatic carbocycles. The average Bonchev–Trinajstić information content (AvgIpc) is 3.08. The molecule has 7 nitrogen and oxygen atoms in total. The van der Waals surface area contributed by atoms with E-state index in [-0.39, 0.29) is 17.0 Å². The van der Waals surface area contributed by atoms with Crippen LogP contribution in [-0.4, -0.2) is 30.8 Å². The van der Waals surface area contributed by atoms with Crippen molar-refractivity contribution in [2.24, 2.45) is 11.1 Å². The lowest BCUT2D eigenvalue weighted by atomic mass is 9.90. The van der Waals surface area contributed by atoms with Crippen LogP contribution in [0.2, 0.25) is 0 Å².